The van der Waals surface area contributed by atoms with Crippen molar-refractivity contribution in [1.29, 1.82) is 0 Å². The van der Waals surface area contributed by atoms with Crippen LogP contribution >= 0.6 is 0 Å². The topological polar surface area (TPSA) is 84.0 Å². The lowest BCUT2D eigenvalue weighted by molar-refractivity contribution is -0.138. The fourth-order valence-corrected chi connectivity index (χ4v) is 2.62. The molecule has 0 bridgehead atoms. The van der Waals surface area contributed by atoms with Gasteiger partial charge in [-0.15, -0.1) is 0 Å². The number of pyridine rings is 1. The van der Waals surface area contributed by atoms with Gasteiger partial charge in [-0.3, -0.25) is 14.9 Å². The fourth-order valence-electron chi connectivity index (χ4n) is 2.62. The standard InChI is InChI=1S/C17H23N5O2/c1-11(2)16-19-17(21-20-16)14-10-22(6-7-24-14)15(23)8-13-5-4-12(3)18-9-13/h4-5,9,11,14H,6-8,10H2,1-3H3,(H,19,20,21)/t14-/m0/s1. The average molecular weight is 329 g/mol. The fraction of sp³-hybridized carbons (Fsp3) is 0.529. The average Bonchev–Trinajstić information content (AvgIpc) is 3.07. The molecule has 0 spiro atoms. The normalized spacial score (nSPS) is 18.2. The van der Waals surface area contributed by atoms with E-state index in [2.05, 4.69) is 20.2 Å². The van der Waals surface area contributed by atoms with Crippen molar-refractivity contribution in [3.63, 3.8) is 0 Å². The van der Waals surface area contributed by atoms with Gasteiger partial charge in [0.1, 0.15) is 6.10 Å². The second-order valence-corrected chi connectivity index (χ2v) is 6.42. The molecule has 2 aromatic heterocycles. The second-order valence-electron chi connectivity index (χ2n) is 6.42. The molecule has 0 radical (unpaired) electrons. The first-order valence-corrected chi connectivity index (χ1v) is 8.26. The van der Waals surface area contributed by atoms with E-state index in [0.29, 0.717) is 31.9 Å². The lowest BCUT2D eigenvalue weighted by Crippen LogP contribution is -2.43. The van der Waals surface area contributed by atoms with E-state index < -0.39 is 0 Å². The summed E-state index contributed by atoms with van der Waals surface area (Å²) in [5.41, 5.74) is 1.87. The van der Waals surface area contributed by atoms with E-state index in [1.165, 1.54) is 0 Å². The van der Waals surface area contributed by atoms with Gasteiger partial charge in [0.25, 0.3) is 0 Å². The summed E-state index contributed by atoms with van der Waals surface area (Å²) in [4.78, 5) is 23.1. The zero-order valence-corrected chi connectivity index (χ0v) is 14.3. The maximum Gasteiger partial charge on any atom is 0.227 e. The molecule has 2 aromatic rings. The number of aromatic nitrogens is 4. The molecule has 128 valence electrons. The molecule has 1 N–H and O–H groups in total. The van der Waals surface area contributed by atoms with Crippen LogP contribution in [-0.2, 0) is 16.0 Å². The Balaban J connectivity index is 1.63. The van der Waals surface area contributed by atoms with Gasteiger partial charge < -0.3 is 9.64 Å². The van der Waals surface area contributed by atoms with Crippen LogP contribution in [0.2, 0.25) is 0 Å². The molecule has 24 heavy (non-hydrogen) atoms. The Kier molecular flexibility index (Phi) is 4.89. The lowest BCUT2D eigenvalue weighted by atomic mass is 10.1. The van der Waals surface area contributed by atoms with E-state index in [1.807, 2.05) is 37.8 Å². The number of carbonyl (C=O) groups is 1. The number of aromatic amines is 1. The van der Waals surface area contributed by atoms with Crippen LogP contribution in [0.4, 0.5) is 0 Å². The molecule has 0 aromatic carbocycles. The minimum absolute atomic E-state index is 0.0811. The summed E-state index contributed by atoms with van der Waals surface area (Å²) in [5.74, 6) is 1.79. The van der Waals surface area contributed by atoms with Crippen LogP contribution in [0.25, 0.3) is 0 Å². The molecule has 3 rings (SSSR count). The number of carbonyl (C=O) groups excluding carboxylic acids is 1. The van der Waals surface area contributed by atoms with E-state index in [4.69, 9.17) is 4.74 Å². The number of H-pyrrole nitrogens is 1. The summed E-state index contributed by atoms with van der Waals surface area (Å²) in [6.07, 6.45) is 1.86. The highest BCUT2D eigenvalue weighted by Gasteiger charge is 2.28. The van der Waals surface area contributed by atoms with Gasteiger partial charge in [-0.05, 0) is 18.6 Å². The van der Waals surface area contributed by atoms with Crippen molar-refractivity contribution in [1.82, 2.24) is 25.1 Å². The van der Waals surface area contributed by atoms with E-state index in [1.54, 1.807) is 6.20 Å². The molecule has 1 saturated heterocycles. The van der Waals surface area contributed by atoms with Crippen molar-refractivity contribution in [2.75, 3.05) is 19.7 Å². The van der Waals surface area contributed by atoms with E-state index >= 15 is 0 Å². The number of hydrogen-bond acceptors (Lipinski definition) is 5. The van der Waals surface area contributed by atoms with Gasteiger partial charge in [0.15, 0.2) is 11.6 Å². The molecule has 1 fully saturated rings. The number of ether oxygens (including phenoxy) is 1. The van der Waals surface area contributed by atoms with Crippen molar-refractivity contribution < 1.29 is 9.53 Å². The Morgan fingerprint density at radius 2 is 2.29 bits per heavy atom. The highest BCUT2D eigenvalue weighted by molar-refractivity contribution is 5.78. The van der Waals surface area contributed by atoms with Gasteiger partial charge in [0.05, 0.1) is 19.6 Å². The molecule has 1 amide bonds. The number of amides is 1. The molecular formula is C17H23N5O2. The van der Waals surface area contributed by atoms with Crippen LogP contribution in [0.15, 0.2) is 18.3 Å². The first-order chi connectivity index (χ1) is 11.5. The van der Waals surface area contributed by atoms with Crippen molar-refractivity contribution in [2.45, 2.75) is 39.2 Å². The smallest absolute Gasteiger partial charge is 0.227 e. The number of morpholine rings is 1. The molecule has 1 atom stereocenters. The SMILES string of the molecule is Cc1ccc(CC(=O)N2CCO[C@H](c3nc(C(C)C)n[nH]3)C2)cn1. The van der Waals surface area contributed by atoms with E-state index in [-0.39, 0.29) is 17.9 Å². The van der Waals surface area contributed by atoms with Crippen LogP contribution < -0.4 is 0 Å². The Hall–Kier alpha value is -2.28. The van der Waals surface area contributed by atoms with Crippen LogP contribution in [0.3, 0.4) is 0 Å². The van der Waals surface area contributed by atoms with Crippen molar-refractivity contribution in [3.05, 3.63) is 41.2 Å². The van der Waals surface area contributed by atoms with Gasteiger partial charge in [-0.2, -0.15) is 5.10 Å². The minimum Gasteiger partial charge on any atom is -0.367 e. The molecule has 7 heteroatoms. The number of rotatable bonds is 4. The largest absolute Gasteiger partial charge is 0.367 e. The molecular weight excluding hydrogens is 306 g/mol. The lowest BCUT2D eigenvalue weighted by Gasteiger charge is -2.32. The third-order valence-electron chi connectivity index (χ3n) is 4.09. The van der Waals surface area contributed by atoms with Crippen LogP contribution in [0.1, 0.15) is 48.8 Å². The molecule has 1 aliphatic heterocycles. The maximum atomic E-state index is 12.5. The summed E-state index contributed by atoms with van der Waals surface area (Å²) in [6, 6.07) is 3.87. The number of hydrogen-bond donors (Lipinski definition) is 1. The van der Waals surface area contributed by atoms with Crippen LogP contribution in [-0.4, -0.2) is 50.7 Å². The summed E-state index contributed by atoms with van der Waals surface area (Å²) in [7, 11) is 0. The summed E-state index contributed by atoms with van der Waals surface area (Å²) in [5, 5.41) is 7.15. The summed E-state index contributed by atoms with van der Waals surface area (Å²) >= 11 is 0. The Morgan fingerprint density at radius 3 is 2.96 bits per heavy atom. The van der Waals surface area contributed by atoms with Crippen LogP contribution in [0, 0.1) is 6.92 Å². The molecule has 0 saturated carbocycles. The zero-order valence-electron chi connectivity index (χ0n) is 14.3. The third kappa shape index (κ3) is 3.79. The van der Waals surface area contributed by atoms with Crippen LogP contribution in [0.5, 0.6) is 0 Å². The highest BCUT2D eigenvalue weighted by Crippen LogP contribution is 2.21. The Labute approximate surface area is 141 Å². The third-order valence-corrected chi connectivity index (χ3v) is 4.09. The number of nitrogens with one attached hydrogen (secondary N) is 1. The highest BCUT2D eigenvalue weighted by atomic mass is 16.5. The monoisotopic (exact) mass is 329 g/mol. The zero-order chi connectivity index (χ0) is 17.1. The molecule has 0 unspecified atom stereocenters. The van der Waals surface area contributed by atoms with Gasteiger partial charge >= 0.3 is 0 Å². The Morgan fingerprint density at radius 1 is 1.46 bits per heavy atom. The Bertz CT molecular complexity index is 695. The molecule has 3 heterocycles. The van der Waals surface area contributed by atoms with Crippen molar-refractivity contribution in [3.8, 4) is 0 Å². The van der Waals surface area contributed by atoms with Gasteiger partial charge in [0.2, 0.25) is 5.91 Å². The maximum absolute atomic E-state index is 12.5. The van der Waals surface area contributed by atoms with Crippen molar-refractivity contribution >= 4 is 5.91 Å². The quantitative estimate of drug-likeness (QED) is 0.924. The summed E-state index contributed by atoms with van der Waals surface area (Å²) in [6.45, 7) is 7.60. The predicted octanol–water partition coefficient (Wildman–Crippen LogP) is 1.77. The van der Waals surface area contributed by atoms with E-state index in [0.717, 1.165) is 17.1 Å². The number of nitrogens with zero attached hydrogens (tertiary/aromatic N) is 4. The first-order valence-electron chi connectivity index (χ1n) is 8.26. The van der Waals surface area contributed by atoms with Crippen molar-refractivity contribution in [2.24, 2.45) is 0 Å². The van der Waals surface area contributed by atoms with E-state index in [9.17, 15) is 4.79 Å². The van der Waals surface area contributed by atoms with Gasteiger partial charge in [0, 0.05) is 24.4 Å². The minimum atomic E-state index is -0.251. The van der Waals surface area contributed by atoms with Gasteiger partial charge in [-0.25, -0.2) is 4.98 Å². The first kappa shape index (κ1) is 16.6. The number of aryl methyl sites for hydroxylation is 1. The summed E-state index contributed by atoms with van der Waals surface area (Å²) < 4.78 is 5.76. The molecule has 0 aliphatic carbocycles. The second kappa shape index (κ2) is 7.09. The molecule has 1 aliphatic rings. The predicted molar refractivity (Wildman–Crippen MR) is 88.4 cm³/mol. The van der Waals surface area contributed by atoms with Gasteiger partial charge in [-0.1, -0.05) is 19.9 Å². The molecule has 7 nitrogen and oxygen atoms in total.